The van der Waals surface area contributed by atoms with Crippen LogP contribution in [0.1, 0.15) is 15.2 Å². The number of aromatic carboxylic acids is 1. The molecule has 3 N–H and O–H groups in total. The van der Waals surface area contributed by atoms with E-state index in [-0.39, 0.29) is 10.6 Å². The summed E-state index contributed by atoms with van der Waals surface area (Å²) in [7, 11) is 0. The molecule has 3 nitrogen and oxygen atoms in total. The number of hydrogen-bond donors (Lipinski definition) is 2. The van der Waals surface area contributed by atoms with Gasteiger partial charge in [-0.05, 0) is 30.2 Å². The van der Waals surface area contributed by atoms with Crippen LogP contribution in [-0.4, -0.2) is 11.1 Å². The lowest BCUT2D eigenvalue weighted by molar-refractivity contribution is 0.0703. The van der Waals surface area contributed by atoms with E-state index in [1.807, 2.05) is 0 Å². The van der Waals surface area contributed by atoms with E-state index in [1.54, 1.807) is 6.92 Å². The highest BCUT2D eigenvalue weighted by molar-refractivity contribution is 7.18. The lowest BCUT2D eigenvalue weighted by Gasteiger charge is -2.01. The van der Waals surface area contributed by atoms with E-state index in [1.165, 1.54) is 6.07 Å². The zero-order valence-electron chi connectivity index (χ0n) is 9.33. The molecule has 0 aliphatic rings. The number of rotatable bonds is 2. The Morgan fingerprint density at radius 2 is 2.00 bits per heavy atom. The Hall–Kier alpha value is -1.95. The van der Waals surface area contributed by atoms with Crippen LogP contribution in [0.4, 0.5) is 14.5 Å². The maximum Gasteiger partial charge on any atom is 0.348 e. The van der Waals surface area contributed by atoms with Crippen molar-refractivity contribution >= 4 is 23.0 Å². The first-order chi connectivity index (χ1) is 8.41. The van der Waals surface area contributed by atoms with Gasteiger partial charge in [-0.25, -0.2) is 13.6 Å². The van der Waals surface area contributed by atoms with Crippen molar-refractivity contribution in [2.75, 3.05) is 5.73 Å². The van der Waals surface area contributed by atoms with Crippen molar-refractivity contribution in [1.29, 1.82) is 0 Å². The van der Waals surface area contributed by atoms with Gasteiger partial charge in [-0.15, -0.1) is 11.3 Å². The highest BCUT2D eigenvalue weighted by atomic mass is 32.1. The van der Waals surface area contributed by atoms with Crippen LogP contribution in [0.15, 0.2) is 18.2 Å². The summed E-state index contributed by atoms with van der Waals surface area (Å²) >= 11 is 0.948. The van der Waals surface area contributed by atoms with E-state index in [0.29, 0.717) is 16.0 Å². The maximum absolute atomic E-state index is 13.1. The van der Waals surface area contributed by atoms with Crippen LogP contribution in [0.25, 0.3) is 10.4 Å². The summed E-state index contributed by atoms with van der Waals surface area (Å²) < 4.78 is 26.0. The van der Waals surface area contributed by atoms with E-state index in [0.717, 1.165) is 23.5 Å². The number of anilines is 1. The number of carbonyl (C=O) groups is 1. The molecule has 2 rings (SSSR count). The van der Waals surface area contributed by atoms with E-state index >= 15 is 0 Å². The Labute approximate surface area is 105 Å². The first-order valence-electron chi connectivity index (χ1n) is 4.99. The van der Waals surface area contributed by atoms with Crippen molar-refractivity contribution < 1.29 is 18.7 Å². The first-order valence-corrected chi connectivity index (χ1v) is 5.81. The first kappa shape index (κ1) is 12.5. The number of nitrogens with two attached hydrogens (primary N) is 1. The molecule has 6 heteroatoms. The molecule has 1 heterocycles. The summed E-state index contributed by atoms with van der Waals surface area (Å²) in [6, 6.07) is 3.42. The largest absolute Gasteiger partial charge is 0.477 e. The Balaban J connectivity index is 2.61. The quantitative estimate of drug-likeness (QED) is 0.879. The zero-order valence-corrected chi connectivity index (χ0v) is 10.1. The van der Waals surface area contributed by atoms with Crippen LogP contribution in [0.2, 0.25) is 0 Å². The molecule has 0 atom stereocenters. The molecule has 0 unspecified atom stereocenters. The van der Waals surface area contributed by atoms with Crippen LogP contribution in [0, 0.1) is 18.6 Å². The normalized spacial score (nSPS) is 10.6. The third-order valence-corrected chi connectivity index (χ3v) is 3.91. The molecule has 0 aliphatic carbocycles. The molecule has 1 aromatic carbocycles. The number of benzene rings is 1. The van der Waals surface area contributed by atoms with E-state index in [2.05, 4.69) is 0 Å². The van der Waals surface area contributed by atoms with Crippen LogP contribution < -0.4 is 5.73 Å². The Morgan fingerprint density at radius 3 is 2.50 bits per heavy atom. The SMILES string of the molecule is Cc1c(-c2ccc(F)c(F)c2)sc(C(=O)O)c1N. The van der Waals surface area contributed by atoms with Gasteiger partial charge in [-0.3, -0.25) is 0 Å². The molecule has 0 bridgehead atoms. The van der Waals surface area contributed by atoms with Crippen molar-refractivity contribution in [3.8, 4) is 10.4 Å². The Bertz CT molecular complexity index is 637. The molecule has 0 fully saturated rings. The monoisotopic (exact) mass is 269 g/mol. The highest BCUT2D eigenvalue weighted by Gasteiger charge is 2.19. The van der Waals surface area contributed by atoms with E-state index in [9.17, 15) is 13.6 Å². The minimum atomic E-state index is -1.13. The minimum absolute atomic E-state index is 0.00670. The second kappa shape index (κ2) is 4.38. The summed E-state index contributed by atoms with van der Waals surface area (Å²) in [5, 5.41) is 8.95. The third kappa shape index (κ3) is 1.95. The Kier molecular flexibility index (Phi) is 3.04. The van der Waals surface area contributed by atoms with Crippen LogP contribution >= 0.6 is 11.3 Å². The van der Waals surface area contributed by atoms with Crippen molar-refractivity contribution in [1.82, 2.24) is 0 Å². The molecule has 0 spiro atoms. The summed E-state index contributed by atoms with van der Waals surface area (Å²) in [5.74, 6) is -3.05. The summed E-state index contributed by atoms with van der Waals surface area (Å²) in [6.45, 7) is 1.65. The molecular weight excluding hydrogens is 260 g/mol. The van der Waals surface area contributed by atoms with Gasteiger partial charge in [0.2, 0.25) is 0 Å². The molecule has 18 heavy (non-hydrogen) atoms. The molecule has 0 saturated heterocycles. The zero-order chi connectivity index (χ0) is 13.4. The number of thiophene rings is 1. The Morgan fingerprint density at radius 1 is 1.33 bits per heavy atom. The number of carboxylic acid groups (broad SMARTS) is 1. The van der Waals surface area contributed by atoms with Crippen molar-refractivity contribution in [3.63, 3.8) is 0 Å². The number of nitrogen functional groups attached to an aromatic ring is 1. The average Bonchev–Trinajstić information content (AvgIpc) is 2.60. The number of carboxylic acids is 1. The standard InChI is InChI=1S/C12H9F2NO2S/c1-5-9(15)11(12(16)17)18-10(5)6-2-3-7(13)8(14)4-6/h2-4H,15H2,1H3,(H,16,17). The smallest absolute Gasteiger partial charge is 0.348 e. The topological polar surface area (TPSA) is 63.3 Å². The molecule has 0 aliphatic heterocycles. The van der Waals surface area contributed by atoms with Crippen LogP contribution in [-0.2, 0) is 0 Å². The molecule has 2 aromatic rings. The molecule has 0 amide bonds. The average molecular weight is 269 g/mol. The third-order valence-electron chi connectivity index (χ3n) is 2.57. The van der Waals surface area contributed by atoms with Gasteiger partial charge in [0, 0.05) is 4.88 Å². The maximum atomic E-state index is 13.1. The predicted molar refractivity (Wildman–Crippen MR) is 65.8 cm³/mol. The minimum Gasteiger partial charge on any atom is -0.477 e. The van der Waals surface area contributed by atoms with Crippen molar-refractivity contribution in [2.45, 2.75) is 6.92 Å². The van der Waals surface area contributed by atoms with Gasteiger partial charge in [0.1, 0.15) is 4.88 Å². The van der Waals surface area contributed by atoms with Gasteiger partial charge in [0.15, 0.2) is 11.6 Å². The van der Waals surface area contributed by atoms with Crippen molar-refractivity contribution in [2.24, 2.45) is 0 Å². The number of hydrogen-bond acceptors (Lipinski definition) is 3. The predicted octanol–water partition coefficient (Wildman–Crippen LogP) is 3.28. The van der Waals surface area contributed by atoms with Crippen molar-refractivity contribution in [3.05, 3.63) is 40.3 Å². The van der Waals surface area contributed by atoms with E-state index in [4.69, 9.17) is 10.8 Å². The second-order valence-corrected chi connectivity index (χ2v) is 4.75. The number of halogens is 2. The van der Waals surface area contributed by atoms with Gasteiger partial charge < -0.3 is 10.8 Å². The summed E-state index contributed by atoms with van der Waals surface area (Å²) in [4.78, 5) is 11.5. The summed E-state index contributed by atoms with van der Waals surface area (Å²) in [6.07, 6.45) is 0. The summed E-state index contributed by atoms with van der Waals surface area (Å²) in [5.41, 5.74) is 6.80. The van der Waals surface area contributed by atoms with E-state index < -0.39 is 17.6 Å². The second-order valence-electron chi connectivity index (χ2n) is 3.73. The van der Waals surface area contributed by atoms with Gasteiger partial charge in [0.25, 0.3) is 0 Å². The fourth-order valence-electron chi connectivity index (χ4n) is 1.60. The fraction of sp³-hybridized carbons (Fsp3) is 0.0833. The van der Waals surface area contributed by atoms with Gasteiger partial charge in [-0.1, -0.05) is 6.07 Å². The molecule has 1 aromatic heterocycles. The van der Waals surface area contributed by atoms with Gasteiger partial charge in [-0.2, -0.15) is 0 Å². The lowest BCUT2D eigenvalue weighted by atomic mass is 10.1. The van der Waals surface area contributed by atoms with Crippen LogP contribution in [0.3, 0.4) is 0 Å². The lowest BCUT2D eigenvalue weighted by Crippen LogP contribution is -1.97. The molecule has 0 saturated carbocycles. The van der Waals surface area contributed by atoms with Gasteiger partial charge in [0.05, 0.1) is 5.69 Å². The molecule has 0 radical (unpaired) electrons. The molecule has 94 valence electrons. The fourth-order valence-corrected chi connectivity index (χ4v) is 2.66. The van der Waals surface area contributed by atoms with Crippen LogP contribution in [0.5, 0.6) is 0 Å². The van der Waals surface area contributed by atoms with Gasteiger partial charge >= 0.3 is 5.97 Å². The molecular formula is C12H9F2NO2S. The highest BCUT2D eigenvalue weighted by Crippen LogP contribution is 2.38.